The lowest BCUT2D eigenvalue weighted by Gasteiger charge is -2.37. The smallest absolute Gasteiger partial charge is 0.246 e. The van der Waals surface area contributed by atoms with Crippen LogP contribution in [0.4, 0.5) is 5.82 Å². The van der Waals surface area contributed by atoms with E-state index in [2.05, 4.69) is 21.2 Å². The van der Waals surface area contributed by atoms with Crippen LogP contribution in [0.2, 0.25) is 0 Å². The summed E-state index contributed by atoms with van der Waals surface area (Å²) in [6.07, 6.45) is 2.52. The van der Waals surface area contributed by atoms with Gasteiger partial charge in [0.2, 0.25) is 11.8 Å². The second-order valence-electron chi connectivity index (χ2n) is 6.77. The Kier molecular flexibility index (Phi) is 4.15. The molecule has 4 rings (SSSR count). The normalized spacial score (nSPS) is 24.5. The average molecular weight is 349 g/mol. The number of H-pyrrole nitrogens is 1. The van der Waals surface area contributed by atoms with Gasteiger partial charge in [0.1, 0.15) is 6.04 Å². The minimum atomic E-state index is -0.286. The van der Waals surface area contributed by atoms with E-state index in [9.17, 15) is 9.59 Å². The van der Waals surface area contributed by atoms with Gasteiger partial charge in [-0.2, -0.15) is 5.10 Å². The van der Waals surface area contributed by atoms with Crippen molar-refractivity contribution in [1.82, 2.24) is 20.0 Å². The lowest BCUT2D eigenvalue weighted by Crippen LogP contribution is -2.55. The highest BCUT2D eigenvalue weighted by molar-refractivity contribution is 7.99. The molecule has 130 valence electrons. The Morgan fingerprint density at radius 1 is 1.25 bits per heavy atom. The Hall–Kier alpha value is -1.70. The summed E-state index contributed by atoms with van der Waals surface area (Å²) in [4.78, 5) is 30.2. The van der Waals surface area contributed by atoms with E-state index in [0.29, 0.717) is 30.6 Å². The maximum atomic E-state index is 12.7. The Labute approximate surface area is 145 Å². The Morgan fingerprint density at radius 3 is 2.67 bits per heavy atom. The van der Waals surface area contributed by atoms with Crippen LogP contribution in [-0.2, 0) is 9.59 Å². The molecule has 24 heavy (non-hydrogen) atoms. The summed E-state index contributed by atoms with van der Waals surface area (Å²) in [5, 5.41) is 7.57. The standard InChI is InChI=1S/C16H23N5O2S/c1-11(22)21-10-24-9-14(21)16(23)20-6-4-19(5-7-20)15-8-13(17-18-15)12-2-3-12/h8,12,14H,2-7,9-10H2,1H3,(H,17,18). The van der Waals surface area contributed by atoms with Crippen LogP contribution in [0.25, 0.3) is 0 Å². The Morgan fingerprint density at radius 2 is 2.00 bits per heavy atom. The topological polar surface area (TPSA) is 72.5 Å². The summed E-state index contributed by atoms with van der Waals surface area (Å²) in [5.74, 6) is 3.08. The first-order valence-corrected chi connectivity index (χ1v) is 9.73. The number of carbonyl (C=O) groups excluding carboxylic acids is 2. The molecular formula is C16H23N5O2S. The number of anilines is 1. The molecule has 0 aromatic carbocycles. The van der Waals surface area contributed by atoms with E-state index < -0.39 is 0 Å². The van der Waals surface area contributed by atoms with Gasteiger partial charge in [0.05, 0.1) is 5.88 Å². The van der Waals surface area contributed by atoms with Crippen LogP contribution in [0.15, 0.2) is 6.07 Å². The van der Waals surface area contributed by atoms with Gasteiger partial charge in [0, 0.05) is 56.5 Å². The molecular weight excluding hydrogens is 326 g/mol. The second kappa shape index (κ2) is 6.31. The lowest BCUT2D eigenvalue weighted by atomic mass is 10.2. The molecule has 1 aromatic heterocycles. The van der Waals surface area contributed by atoms with Gasteiger partial charge < -0.3 is 14.7 Å². The number of aromatic nitrogens is 2. The zero-order chi connectivity index (χ0) is 16.7. The number of thioether (sulfide) groups is 1. The molecule has 1 N–H and O–H groups in total. The third kappa shape index (κ3) is 2.99. The van der Waals surface area contributed by atoms with E-state index in [1.54, 1.807) is 23.6 Å². The van der Waals surface area contributed by atoms with Crippen molar-refractivity contribution in [3.63, 3.8) is 0 Å². The highest BCUT2D eigenvalue weighted by atomic mass is 32.2. The maximum absolute atomic E-state index is 12.7. The number of nitrogens with one attached hydrogen (secondary N) is 1. The van der Waals surface area contributed by atoms with Crippen LogP contribution in [0.1, 0.15) is 31.4 Å². The van der Waals surface area contributed by atoms with Crippen LogP contribution >= 0.6 is 11.8 Å². The number of hydrogen-bond acceptors (Lipinski definition) is 5. The Bertz CT molecular complexity index is 636. The molecule has 0 spiro atoms. The van der Waals surface area contributed by atoms with E-state index in [4.69, 9.17) is 0 Å². The molecule has 3 aliphatic rings. The van der Waals surface area contributed by atoms with Gasteiger partial charge in [-0.05, 0) is 12.8 Å². The highest BCUT2D eigenvalue weighted by Gasteiger charge is 2.36. The van der Waals surface area contributed by atoms with Gasteiger partial charge in [0.15, 0.2) is 5.82 Å². The molecule has 1 unspecified atom stereocenters. The maximum Gasteiger partial charge on any atom is 0.246 e. The molecule has 1 atom stereocenters. The van der Waals surface area contributed by atoms with Crippen molar-refractivity contribution in [2.45, 2.75) is 31.7 Å². The Balaban J connectivity index is 1.35. The first kappa shape index (κ1) is 15.8. The fourth-order valence-electron chi connectivity index (χ4n) is 3.42. The van der Waals surface area contributed by atoms with E-state index in [1.807, 2.05) is 4.90 Å². The van der Waals surface area contributed by atoms with Crippen LogP contribution in [-0.4, -0.2) is 75.7 Å². The molecule has 8 heteroatoms. The summed E-state index contributed by atoms with van der Waals surface area (Å²) >= 11 is 1.65. The fraction of sp³-hybridized carbons (Fsp3) is 0.688. The van der Waals surface area contributed by atoms with E-state index in [-0.39, 0.29) is 17.9 Å². The first-order chi connectivity index (χ1) is 11.6. The third-order valence-electron chi connectivity index (χ3n) is 5.09. The van der Waals surface area contributed by atoms with Crippen LogP contribution in [0, 0.1) is 0 Å². The van der Waals surface area contributed by atoms with Crippen molar-refractivity contribution in [2.75, 3.05) is 42.7 Å². The molecule has 0 bridgehead atoms. The molecule has 0 radical (unpaired) electrons. The summed E-state index contributed by atoms with van der Waals surface area (Å²) < 4.78 is 0. The van der Waals surface area contributed by atoms with Gasteiger partial charge in [-0.1, -0.05) is 0 Å². The van der Waals surface area contributed by atoms with Crippen molar-refractivity contribution in [1.29, 1.82) is 0 Å². The molecule has 7 nitrogen and oxygen atoms in total. The number of amides is 2. The summed E-state index contributed by atoms with van der Waals surface area (Å²) in [6, 6.07) is 1.87. The minimum absolute atomic E-state index is 0.0129. The SMILES string of the molecule is CC(=O)N1CSCC1C(=O)N1CCN(c2cc(C3CC3)[nH]n2)CC1. The summed E-state index contributed by atoms with van der Waals surface area (Å²) in [5.41, 5.74) is 1.24. The molecule has 2 amide bonds. The fourth-order valence-corrected chi connectivity index (χ4v) is 4.62. The zero-order valence-electron chi connectivity index (χ0n) is 13.9. The summed E-state index contributed by atoms with van der Waals surface area (Å²) in [6.45, 7) is 4.51. The van der Waals surface area contributed by atoms with Gasteiger partial charge in [-0.15, -0.1) is 11.8 Å². The zero-order valence-corrected chi connectivity index (χ0v) is 14.7. The van der Waals surface area contributed by atoms with Gasteiger partial charge in [-0.3, -0.25) is 14.7 Å². The van der Waals surface area contributed by atoms with E-state index in [1.165, 1.54) is 18.5 Å². The number of hydrogen-bond donors (Lipinski definition) is 1. The van der Waals surface area contributed by atoms with E-state index in [0.717, 1.165) is 18.9 Å². The second-order valence-corrected chi connectivity index (χ2v) is 7.77. The molecule has 2 saturated heterocycles. The predicted octanol–water partition coefficient (Wildman–Crippen LogP) is 0.857. The molecule has 1 saturated carbocycles. The molecule has 1 aliphatic carbocycles. The number of rotatable bonds is 3. The quantitative estimate of drug-likeness (QED) is 0.876. The van der Waals surface area contributed by atoms with Crippen molar-refractivity contribution in [2.24, 2.45) is 0 Å². The molecule has 1 aromatic rings. The number of piperazine rings is 1. The van der Waals surface area contributed by atoms with Gasteiger partial charge in [0.25, 0.3) is 0 Å². The summed E-state index contributed by atoms with van der Waals surface area (Å²) in [7, 11) is 0. The van der Waals surface area contributed by atoms with Gasteiger partial charge >= 0.3 is 0 Å². The molecule has 3 heterocycles. The lowest BCUT2D eigenvalue weighted by molar-refractivity contribution is -0.142. The molecule has 2 aliphatic heterocycles. The van der Waals surface area contributed by atoms with Crippen molar-refractivity contribution in [3.8, 4) is 0 Å². The van der Waals surface area contributed by atoms with Crippen molar-refractivity contribution in [3.05, 3.63) is 11.8 Å². The third-order valence-corrected chi connectivity index (χ3v) is 6.10. The highest BCUT2D eigenvalue weighted by Crippen LogP contribution is 2.39. The molecule has 3 fully saturated rings. The van der Waals surface area contributed by atoms with Gasteiger partial charge in [-0.25, -0.2) is 0 Å². The average Bonchev–Trinajstić information content (AvgIpc) is 3.13. The number of nitrogens with zero attached hydrogens (tertiary/aromatic N) is 4. The van der Waals surface area contributed by atoms with Crippen LogP contribution in [0.5, 0.6) is 0 Å². The monoisotopic (exact) mass is 349 g/mol. The van der Waals surface area contributed by atoms with Crippen LogP contribution < -0.4 is 4.90 Å². The van der Waals surface area contributed by atoms with Crippen molar-refractivity contribution >= 4 is 29.4 Å². The van der Waals surface area contributed by atoms with Crippen molar-refractivity contribution < 1.29 is 9.59 Å². The van der Waals surface area contributed by atoms with E-state index >= 15 is 0 Å². The largest absolute Gasteiger partial charge is 0.352 e. The number of aromatic amines is 1. The van der Waals surface area contributed by atoms with Crippen LogP contribution in [0.3, 0.4) is 0 Å². The predicted molar refractivity (Wildman–Crippen MR) is 93.0 cm³/mol. The first-order valence-electron chi connectivity index (χ1n) is 8.57. The number of carbonyl (C=O) groups is 2. The minimum Gasteiger partial charge on any atom is -0.352 e.